The predicted octanol–water partition coefficient (Wildman–Crippen LogP) is 3.71. The largest absolute Gasteiger partial charge is 0.478 e. The number of carbonyl (C=O) groups is 1. The molecule has 3 rings (SSSR count). The predicted molar refractivity (Wildman–Crippen MR) is 84.8 cm³/mol. The molecule has 6 heteroatoms. The van der Waals surface area contributed by atoms with E-state index in [1.807, 2.05) is 24.3 Å². The smallest absolute Gasteiger partial charge is 0.335 e. The molecule has 0 fully saturated rings. The summed E-state index contributed by atoms with van der Waals surface area (Å²) in [6.07, 6.45) is 0. The molecule has 1 aromatic heterocycles. The summed E-state index contributed by atoms with van der Waals surface area (Å²) in [5.41, 5.74) is 1.77. The minimum atomic E-state index is -0.964. The van der Waals surface area contributed by atoms with Crippen molar-refractivity contribution in [3.05, 3.63) is 57.7 Å². The Bertz CT molecular complexity index is 779. The highest BCUT2D eigenvalue weighted by Gasteiger charge is 2.11. The normalized spacial score (nSPS) is 10.5. The van der Waals surface area contributed by atoms with Crippen LogP contribution in [0.4, 0.5) is 0 Å². The first-order valence-corrected chi connectivity index (χ1v) is 7.15. The number of aromatic nitrogens is 2. The van der Waals surface area contributed by atoms with E-state index in [9.17, 15) is 4.79 Å². The van der Waals surface area contributed by atoms with Crippen molar-refractivity contribution < 1.29 is 14.4 Å². The van der Waals surface area contributed by atoms with Gasteiger partial charge in [-0.2, -0.15) is 4.98 Å². The van der Waals surface area contributed by atoms with Gasteiger partial charge in [-0.05, 0) is 59.0 Å². The highest BCUT2D eigenvalue weighted by molar-refractivity contribution is 14.1. The number of nitrogens with zero attached hydrogens (tertiary/aromatic N) is 2. The van der Waals surface area contributed by atoms with Crippen molar-refractivity contribution in [3.63, 3.8) is 0 Å². The van der Waals surface area contributed by atoms with Gasteiger partial charge in [0.1, 0.15) is 0 Å². The van der Waals surface area contributed by atoms with E-state index >= 15 is 0 Å². The lowest BCUT2D eigenvalue weighted by molar-refractivity contribution is 0.0697. The minimum Gasteiger partial charge on any atom is -0.478 e. The van der Waals surface area contributed by atoms with E-state index in [1.54, 1.807) is 12.1 Å². The molecule has 0 amide bonds. The zero-order valence-electron chi connectivity index (χ0n) is 10.7. The molecule has 0 bridgehead atoms. The van der Waals surface area contributed by atoms with Crippen LogP contribution in [-0.2, 0) is 0 Å². The van der Waals surface area contributed by atoms with Crippen molar-refractivity contribution in [2.24, 2.45) is 0 Å². The molecule has 0 atom stereocenters. The Hall–Kier alpha value is -2.22. The third kappa shape index (κ3) is 2.94. The quantitative estimate of drug-likeness (QED) is 0.688. The fourth-order valence-electron chi connectivity index (χ4n) is 1.81. The summed E-state index contributed by atoms with van der Waals surface area (Å²) in [6.45, 7) is 0. The second-order valence-electron chi connectivity index (χ2n) is 4.31. The van der Waals surface area contributed by atoms with Gasteiger partial charge in [0.05, 0.1) is 5.56 Å². The number of rotatable bonds is 3. The molecule has 0 aliphatic carbocycles. The zero-order chi connectivity index (χ0) is 14.8. The Morgan fingerprint density at radius 1 is 1.00 bits per heavy atom. The number of benzene rings is 2. The molecular weight excluding hydrogens is 383 g/mol. The Morgan fingerprint density at radius 2 is 1.62 bits per heavy atom. The second kappa shape index (κ2) is 5.65. The van der Waals surface area contributed by atoms with Crippen molar-refractivity contribution in [2.45, 2.75) is 0 Å². The molecule has 5 nitrogen and oxygen atoms in total. The molecule has 0 radical (unpaired) electrons. The fourth-order valence-corrected chi connectivity index (χ4v) is 2.17. The van der Waals surface area contributed by atoms with Gasteiger partial charge in [0, 0.05) is 14.7 Å². The Kier molecular flexibility index (Phi) is 3.70. The molecule has 104 valence electrons. The molecule has 1 heterocycles. The van der Waals surface area contributed by atoms with Gasteiger partial charge < -0.3 is 9.63 Å². The summed E-state index contributed by atoms with van der Waals surface area (Å²) in [4.78, 5) is 15.1. The Morgan fingerprint density at radius 3 is 2.24 bits per heavy atom. The van der Waals surface area contributed by atoms with Crippen molar-refractivity contribution in [1.29, 1.82) is 0 Å². The van der Waals surface area contributed by atoms with Gasteiger partial charge >= 0.3 is 5.97 Å². The summed E-state index contributed by atoms with van der Waals surface area (Å²) < 4.78 is 6.37. The molecule has 0 unspecified atom stereocenters. The summed E-state index contributed by atoms with van der Waals surface area (Å²) in [5.74, 6) is -0.0987. The van der Waals surface area contributed by atoms with Crippen LogP contribution in [0, 0.1) is 3.57 Å². The summed E-state index contributed by atoms with van der Waals surface area (Å²) in [6, 6.07) is 14.1. The summed E-state index contributed by atoms with van der Waals surface area (Å²) in [7, 11) is 0. The molecule has 21 heavy (non-hydrogen) atoms. The number of carboxylic acid groups (broad SMARTS) is 1. The maximum Gasteiger partial charge on any atom is 0.335 e. The van der Waals surface area contributed by atoms with E-state index in [4.69, 9.17) is 9.63 Å². The first kappa shape index (κ1) is 13.7. The number of hydrogen-bond donors (Lipinski definition) is 1. The third-order valence-electron chi connectivity index (χ3n) is 2.91. The van der Waals surface area contributed by atoms with E-state index in [0.29, 0.717) is 17.3 Å². The van der Waals surface area contributed by atoms with Crippen LogP contribution in [0.1, 0.15) is 10.4 Å². The van der Waals surface area contributed by atoms with Gasteiger partial charge in [-0.25, -0.2) is 4.79 Å². The van der Waals surface area contributed by atoms with Gasteiger partial charge in [0.2, 0.25) is 5.82 Å². The number of halogens is 1. The minimum absolute atomic E-state index is 0.222. The van der Waals surface area contributed by atoms with Crippen LogP contribution in [0.3, 0.4) is 0 Å². The Labute approximate surface area is 133 Å². The average Bonchev–Trinajstić information content (AvgIpc) is 2.98. The van der Waals surface area contributed by atoms with E-state index in [1.165, 1.54) is 12.1 Å². The van der Waals surface area contributed by atoms with Crippen LogP contribution in [-0.4, -0.2) is 21.2 Å². The van der Waals surface area contributed by atoms with Gasteiger partial charge in [-0.15, -0.1) is 0 Å². The lowest BCUT2D eigenvalue weighted by atomic mass is 10.1. The van der Waals surface area contributed by atoms with E-state index in [0.717, 1.165) is 9.13 Å². The van der Waals surface area contributed by atoms with Gasteiger partial charge in [0.25, 0.3) is 5.89 Å². The van der Waals surface area contributed by atoms with Gasteiger partial charge in [-0.3, -0.25) is 0 Å². The van der Waals surface area contributed by atoms with E-state index in [-0.39, 0.29) is 5.56 Å². The van der Waals surface area contributed by atoms with Crippen molar-refractivity contribution >= 4 is 28.6 Å². The van der Waals surface area contributed by atoms with Crippen molar-refractivity contribution in [2.75, 3.05) is 0 Å². The number of carboxylic acids is 1. The Balaban J connectivity index is 1.90. The van der Waals surface area contributed by atoms with Crippen LogP contribution in [0.25, 0.3) is 22.8 Å². The maximum absolute atomic E-state index is 10.8. The molecule has 0 aliphatic rings. The molecule has 0 saturated heterocycles. The fraction of sp³-hybridized carbons (Fsp3) is 0. The molecule has 3 aromatic rings. The van der Waals surface area contributed by atoms with E-state index in [2.05, 4.69) is 32.7 Å². The first-order valence-electron chi connectivity index (χ1n) is 6.07. The lowest BCUT2D eigenvalue weighted by Gasteiger charge is -1.96. The van der Waals surface area contributed by atoms with Crippen molar-refractivity contribution in [3.8, 4) is 22.8 Å². The van der Waals surface area contributed by atoms with Crippen LogP contribution < -0.4 is 0 Å². The molecular formula is C15H9IN2O3. The molecule has 2 aromatic carbocycles. The standard InChI is InChI=1S/C15H9IN2O3/c16-12-7-5-10(6-8-12)14-17-13(18-21-14)9-1-3-11(4-2-9)15(19)20/h1-8H,(H,19,20). The zero-order valence-corrected chi connectivity index (χ0v) is 12.8. The summed E-state index contributed by atoms with van der Waals surface area (Å²) >= 11 is 2.22. The monoisotopic (exact) mass is 392 g/mol. The van der Waals surface area contributed by atoms with Crippen LogP contribution >= 0.6 is 22.6 Å². The molecule has 0 saturated carbocycles. The van der Waals surface area contributed by atoms with Gasteiger partial charge in [0.15, 0.2) is 0 Å². The second-order valence-corrected chi connectivity index (χ2v) is 5.56. The molecule has 0 spiro atoms. The van der Waals surface area contributed by atoms with Crippen LogP contribution in [0.5, 0.6) is 0 Å². The van der Waals surface area contributed by atoms with Crippen LogP contribution in [0.15, 0.2) is 53.1 Å². The summed E-state index contributed by atoms with van der Waals surface area (Å²) in [5, 5.41) is 12.8. The van der Waals surface area contributed by atoms with Crippen molar-refractivity contribution in [1.82, 2.24) is 10.1 Å². The number of hydrogen-bond acceptors (Lipinski definition) is 4. The third-order valence-corrected chi connectivity index (χ3v) is 3.63. The highest BCUT2D eigenvalue weighted by Crippen LogP contribution is 2.23. The highest BCUT2D eigenvalue weighted by atomic mass is 127. The molecule has 0 aliphatic heterocycles. The van der Waals surface area contributed by atoms with Crippen LogP contribution in [0.2, 0.25) is 0 Å². The van der Waals surface area contributed by atoms with E-state index < -0.39 is 5.97 Å². The molecule has 1 N–H and O–H groups in total. The topological polar surface area (TPSA) is 76.2 Å². The number of aromatic carboxylic acids is 1. The average molecular weight is 392 g/mol. The first-order chi connectivity index (χ1) is 10.1. The maximum atomic E-state index is 10.8. The lowest BCUT2D eigenvalue weighted by Crippen LogP contribution is -1.95. The SMILES string of the molecule is O=C(O)c1ccc(-c2noc(-c3ccc(I)cc3)n2)cc1. The van der Waals surface area contributed by atoms with Gasteiger partial charge in [-0.1, -0.05) is 17.3 Å².